The second kappa shape index (κ2) is 9.09. The third-order valence-corrected chi connectivity index (χ3v) is 6.21. The van der Waals surface area contributed by atoms with Gasteiger partial charge in [0, 0.05) is 25.0 Å². The summed E-state index contributed by atoms with van der Waals surface area (Å²) in [6.45, 7) is 1.49. The van der Waals surface area contributed by atoms with Crippen molar-refractivity contribution in [3.63, 3.8) is 0 Å². The van der Waals surface area contributed by atoms with Gasteiger partial charge in [0.1, 0.15) is 0 Å². The third kappa shape index (κ3) is 5.14. The summed E-state index contributed by atoms with van der Waals surface area (Å²) in [5.41, 5.74) is 0.849. The lowest BCUT2D eigenvalue weighted by Crippen LogP contribution is -2.48. The Morgan fingerprint density at radius 2 is 1.69 bits per heavy atom. The predicted octanol–water partition coefficient (Wildman–Crippen LogP) is 4.22. The maximum absolute atomic E-state index is 12.6. The highest BCUT2D eigenvalue weighted by molar-refractivity contribution is 6.42. The number of nitrogens with zero attached hydrogens (tertiary/aromatic N) is 1. The van der Waals surface area contributed by atoms with Crippen molar-refractivity contribution < 1.29 is 9.59 Å². The first kappa shape index (κ1) is 19.5. The molecule has 2 amide bonds. The van der Waals surface area contributed by atoms with Crippen LogP contribution in [0.4, 0.5) is 0 Å². The van der Waals surface area contributed by atoms with Crippen molar-refractivity contribution in [1.82, 2.24) is 10.2 Å². The molecule has 1 saturated heterocycles. The Bertz CT molecular complexity index is 651. The van der Waals surface area contributed by atoms with Gasteiger partial charge in [-0.25, -0.2) is 0 Å². The first-order valence-corrected chi connectivity index (χ1v) is 10.3. The van der Waals surface area contributed by atoms with Crippen LogP contribution in [0.2, 0.25) is 10.0 Å². The van der Waals surface area contributed by atoms with Crippen molar-refractivity contribution >= 4 is 35.0 Å². The number of piperidine rings is 1. The number of rotatable bonds is 4. The first-order valence-electron chi connectivity index (χ1n) is 9.55. The zero-order chi connectivity index (χ0) is 18.5. The Kier molecular flexibility index (Phi) is 6.82. The lowest BCUT2D eigenvalue weighted by atomic mass is 9.87. The van der Waals surface area contributed by atoms with E-state index in [1.54, 1.807) is 12.1 Å². The van der Waals surface area contributed by atoms with Crippen LogP contribution in [0.5, 0.6) is 0 Å². The Hall–Kier alpha value is -1.26. The van der Waals surface area contributed by atoms with Crippen molar-refractivity contribution in [2.75, 3.05) is 13.1 Å². The van der Waals surface area contributed by atoms with E-state index in [0.717, 1.165) is 44.3 Å². The van der Waals surface area contributed by atoms with Gasteiger partial charge in [-0.05, 0) is 43.4 Å². The molecule has 2 aliphatic rings. The molecule has 1 aromatic rings. The van der Waals surface area contributed by atoms with Crippen LogP contribution in [-0.2, 0) is 16.0 Å². The molecule has 0 atom stereocenters. The number of amides is 2. The lowest BCUT2D eigenvalue weighted by Gasteiger charge is -2.35. The third-order valence-electron chi connectivity index (χ3n) is 5.47. The van der Waals surface area contributed by atoms with Crippen molar-refractivity contribution in [1.29, 1.82) is 0 Å². The molecule has 1 aliphatic carbocycles. The second-order valence-electron chi connectivity index (χ2n) is 7.43. The van der Waals surface area contributed by atoms with Gasteiger partial charge in [0.25, 0.3) is 0 Å². The summed E-state index contributed by atoms with van der Waals surface area (Å²) in [6.07, 6.45) is 7.64. The fraction of sp³-hybridized carbons (Fsp3) is 0.600. The minimum Gasteiger partial charge on any atom is -0.353 e. The monoisotopic (exact) mass is 396 g/mol. The number of likely N-dealkylation sites (tertiary alicyclic amines) is 1. The number of hydrogen-bond donors (Lipinski definition) is 1. The highest BCUT2D eigenvalue weighted by Crippen LogP contribution is 2.27. The molecule has 0 bridgehead atoms. The SMILES string of the molecule is O=C(Cc1ccc(Cl)c(Cl)c1)NC1CCN(C(=O)C2CCCCC2)CC1. The van der Waals surface area contributed by atoms with Crippen molar-refractivity contribution in [3.05, 3.63) is 33.8 Å². The fourth-order valence-corrected chi connectivity index (χ4v) is 4.29. The predicted molar refractivity (Wildman–Crippen MR) is 104 cm³/mol. The van der Waals surface area contributed by atoms with Crippen LogP contribution in [0, 0.1) is 5.92 Å². The summed E-state index contributed by atoms with van der Waals surface area (Å²) >= 11 is 11.9. The van der Waals surface area contributed by atoms with Gasteiger partial charge in [-0.3, -0.25) is 9.59 Å². The molecule has 0 unspecified atom stereocenters. The van der Waals surface area contributed by atoms with E-state index in [-0.39, 0.29) is 24.3 Å². The summed E-state index contributed by atoms with van der Waals surface area (Å²) in [5, 5.41) is 4.04. The van der Waals surface area contributed by atoms with Gasteiger partial charge in [-0.2, -0.15) is 0 Å². The maximum atomic E-state index is 12.6. The van der Waals surface area contributed by atoms with Gasteiger partial charge in [-0.15, -0.1) is 0 Å². The van der Waals surface area contributed by atoms with E-state index < -0.39 is 0 Å². The molecule has 1 aromatic carbocycles. The highest BCUT2D eigenvalue weighted by Gasteiger charge is 2.29. The zero-order valence-corrected chi connectivity index (χ0v) is 16.5. The van der Waals surface area contributed by atoms with E-state index >= 15 is 0 Å². The quantitative estimate of drug-likeness (QED) is 0.827. The van der Waals surface area contributed by atoms with Gasteiger partial charge in [0.05, 0.1) is 16.5 Å². The smallest absolute Gasteiger partial charge is 0.225 e. The molecular weight excluding hydrogens is 371 g/mol. The van der Waals surface area contributed by atoms with E-state index in [1.165, 1.54) is 19.3 Å². The van der Waals surface area contributed by atoms with Gasteiger partial charge in [-0.1, -0.05) is 48.5 Å². The minimum absolute atomic E-state index is 0.0135. The van der Waals surface area contributed by atoms with Gasteiger partial charge in [0.2, 0.25) is 11.8 Å². The van der Waals surface area contributed by atoms with Crippen LogP contribution in [-0.4, -0.2) is 35.8 Å². The summed E-state index contributed by atoms with van der Waals surface area (Å²) in [7, 11) is 0. The summed E-state index contributed by atoms with van der Waals surface area (Å²) in [4.78, 5) is 26.9. The number of hydrogen-bond acceptors (Lipinski definition) is 2. The number of carbonyl (C=O) groups is 2. The molecule has 0 radical (unpaired) electrons. The lowest BCUT2D eigenvalue weighted by molar-refractivity contribution is -0.137. The largest absolute Gasteiger partial charge is 0.353 e. The zero-order valence-electron chi connectivity index (χ0n) is 15.0. The van der Waals surface area contributed by atoms with E-state index in [4.69, 9.17) is 23.2 Å². The van der Waals surface area contributed by atoms with E-state index in [1.807, 2.05) is 11.0 Å². The van der Waals surface area contributed by atoms with Crippen LogP contribution in [0.1, 0.15) is 50.5 Å². The number of carbonyl (C=O) groups excluding carboxylic acids is 2. The summed E-state index contributed by atoms with van der Waals surface area (Å²) < 4.78 is 0. The molecule has 1 aliphatic heterocycles. The Balaban J connectivity index is 1.43. The van der Waals surface area contributed by atoms with Crippen LogP contribution in [0.15, 0.2) is 18.2 Å². The van der Waals surface area contributed by atoms with Gasteiger partial charge >= 0.3 is 0 Å². The molecule has 1 N–H and O–H groups in total. The van der Waals surface area contributed by atoms with E-state index in [0.29, 0.717) is 16.0 Å². The molecule has 3 rings (SSSR count). The maximum Gasteiger partial charge on any atom is 0.225 e. The van der Waals surface area contributed by atoms with Crippen LogP contribution in [0.3, 0.4) is 0 Å². The van der Waals surface area contributed by atoms with Crippen molar-refractivity contribution in [2.24, 2.45) is 5.92 Å². The second-order valence-corrected chi connectivity index (χ2v) is 8.24. The number of halogens is 2. The molecule has 2 fully saturated rings. The van der Waals surface area contributed by atoms with Crippen molar-refractivity contribution in [2.45, 2.75) is 57.4 Å². The van der Waals surface area contributed by atoms with Crippen LogP contribution >= 0.6 is 23.2 Å². The average molecular weight is 397 g/mol. The Labute approximate surface area is 165 Å². The first-order chi connectivity index (χ1) is 12.5. The Morgan fingerprint density at radius 3 is 2.35 bits per heavy atom. The molecule has 6 heteroatoms. The Morgan fingerprint density at radius 1 is 1.00 bits per heavy atom. The fourth-order valence-electron chi connectivity index (χ4n) is 3.97. The van der Waals surface area contributed by atoms with Crippen LogP contribution in [0.25, 0.3) is 0 Å². The molecule has 1 heterocycles. The minimum atomic E-state index is -0.0135. The molecule has 142 valence electrons. The molecule has 4 nitrogen and oxygen atoms in total. The molecule has 0 aromatic heterocycles. The normalized spacial score (nSPS) is 19.4. The molecular formula is C20H26Cl2N2O2. The molecule has 26 heavy (non-hydrogen) atoms. The highest BCUT2D eigenvalue weighted by atomic mass is 35.5. The van der Waals surface area contributed by atoms with Gasteiger partial charge in [0.15, 0.2) is 0 Å². The van der Waals surface area contributed by atoms with Crippen LogP contribution < -0.4 is 5.32 Å². The molecule has 1 saturated carbocycles. The van der Waals surface area contributed by atoms with E-state index in [9.17, 15) is 9.59 Å². The van der Waals surface area contributed by atoms with Gasteiger partial charge < -0.3 is 10.2 Å². The molecule has 0 spiro atoms. The number of nitrogens with one attached hydrogen (secondary N) is 1. The summed E-state index contributed by atoms with van der Waals surface area (Å²) in [6, 6.07) is 5.40. The van der Waals surface area contributed by atoms with E-state index in [2.05, 4.69) is 5.32 Å². The summed E-state index contributed by atoms with van der Waals surface area (Å²) in [5.74, 6) is 0.537. The topological polar surface area (TPSA) is 49.4 Å². The van der Waals surface area contributed by atoms with Crippen molar-refractivity contribution in [3.8, 4) is 0 Å². The standard InChI is InChI=1S/C20H26Cl2N2O2/c21-17-7-6-14(12-18(17)22)13-19(25)23-16-8-10-24(11-9-16)20(26)15-4-2-1-3-5-15/h6-7,12,15-16H,1-5,8-11,13H2,(H,23,25). The number of benzene rings is 1. The average Bonchev–Trinajstić information content (AvgIpc) is 2.65.